The Morgan fingerprint density at radius 2 is 1.73 bits per heavy atom. The van der Waals surface area contributed by atoms with E-state index < -0.39 is 10.0 Å². The van der Waals surface area contributed by atoms with Crippen molar-refractivity contribution in [2.24, 2.45) is 0 Å². The van der Waals surface area contributed by atoms with Crippen molar-refractivity contribution in [1.29, 1.82) is 5.26 Å². The molecule has 1 saturated heterocycles. The molecule has 1 aliphatic carbocycles. The van der Waals surface area contributed by atoms with Crippen LogP contribution in [0.3, 0.4) is 0 Å². The van der Waals surface area contributed by atoms with E-state index in [0.29, 0.717) is 41.8 Å². The van der Waals surface area contributed by atoms with Crippen LogP contribution in [0.1, 0.15) is 41.7 Å². The van der Waals surface area contributed by atoms with Crippen LogP contribution in [0.5, 0.6) is 0 Å². The van der Waals surface area contributed by atoms with E-state index in [1.807, 2.05) is 4.90 Å². The van der Waals surface area contributed by atoms with Crippen LogP contribution in [0.25, 0.3) is 0 Å². The van der Waals surface area contributed by atoms with Crippen LogP contribution < -0.4 is 5.32 Å². The second-order valence-corrected chi connectivity index (χ2v) is 11.9. The highest BCUT2D eigenvalue weighted by atomic mass is 35.5. The number of fused-ring (bicyclic) bond motifs is 1. The predicted octanol–water partition coefficient (Wildman–Crippen LogP) is 3.88. The van der Waals surface area contributed by atoms with Gasteiger partial charge in [0.15, 0.2) is 0 Å². The third kappa shape index (κ3) is 5.58. The summed E-state index contributed by atoms with van der Waals surface area (Å²) in [6, 6.07) is 8.45. The summed E-state index contributed by atoms with van der Waals surface area (Å²) in [6.07, 6.45) is 6.45. The summed E-state index contributed by atoms with van der Waals surface area (Å²) in [5, 5.41) is 13.8. The van der Waals surface area contributed by atoms with E-state index >= 15 is 0 Å². The van der Waals surface area contributed by atoms with Crippen molar-refractivity contribution in [3.05, 3.63) is 45.3 Å². The maximum atomic E-state index is 12.8. The Kier molecular flexibility index (Phi) is 7.72. The van der Waals surface area contributed by atoms with Gasteiger partial charge >= 0.3 is 0 Å². The Balaban J connectivity index is 1.35. The van der Waals surface area contributed by atoms with Gasteiger partial charge in [0, 0.05) is 36.1 Å². The molecule has 0 spiro atoms. The topological polar surface area (TPSA) is 93.5 Å². The zero-order valence-corrected chi connectivity index (χ0v) is 20.7. The molecule has 1 aromatic heterocycles. The molecule has 1 aliphatic heterocycles. The highest BCUT2D eigenvalue weighted by Gasteiger charge is 2.29. The number of rotatable bonds is 5. The summed E-state index contributed by atoms with van der Waals surface area (Å²) in [5.74, 6) is -0.172. The number of hydrogen-bond acceptors (Lipinski definition) is 6. The lowest BCUT2D eigenvalue weighted by Gasteiger charge is -2.33. The third-order valence-electron chi connectivity index (χ3n) is 6.19. The molecule has 2 aromatic rings. The molecule has 2 aliphatic rings. The summed E-state index contributed by atoms with van der Waals surface area (Å²) in [4.78, 5) is 16.1. The highest BCUT2D eigenvalue weighted by Crippen LogP contribution is 2.36. The summed E-state index contributed by atoms with van der Waals surface area (Å²) in [5.41, 5.74) is 1.72. The van der Waals surface area contributed by atoms with Gasteiger partial charge in [0.2, 0.25) is 15.9 Å². The lowest BCUT2D eigenvalue weighted by molar-refractivity contribution is -0.117. The average molecular weight is 507 g/mol. The van der Waals surface area contributed by atoms with Gasteiger partial charge in [-0.25, -0.2) is 8.42 Å². The number of piperazine rings is 1. The Bertz CT molecular complexity index is 1150. The molecule has 1 fully saturated rings. The van der Waals surface area contributed by atoms with Gasteiger partial charge in [-0.15, -0.1) is 11.3 Å². The molecule has 1 amide bonds. The molecule has 0 saturated carbocycles. The Morgan fingerprint density at radius 3 is 2.39 bits per heavy atom. The number of anilines is 1. The molecule has 4 rings (SSSR count). The van der Waals surface area contributed by atoms with Crippen LogP contribution in [0, 0.1) is 11.3 Å². The number of aryl methyl sites for hydroxylation is 1. The molecule has 1 aromatic carbocycles. The number of amides is 1. The van der Waals surface area contributed by atoms with Crippen LogP contribution in [-0.2, 0) is 27.7 Å². The number of carbonyl (C=O) groups excluding carboxylic acids is 1. The molecule has 10 heteroatoms. The van der Waals surface area contributed by atoms with Crippen molar-refractivity contribution in [2.75, 3.05) is 38.0 Å². The molecule has 7 nitrogen and oxygen atoms in total. The van der Waals surface area contributed by atoms with Gasteiger partial charge < -0.3 is 5.32 Å². The normalized spacial score (nSPS) is 18.1. The van der Waals surface area contributed by atoms with Gasteiger partial charge in [-0.05, 0) is 55.5 Å². The predicted molar refractivity (Wildman–Crippen MR) is 130 cm³/mol. The van der Waals surface area contributed by atoms with Gasteiger partial charge in [0.1, 0.15) is 11.1 Å². The van der Waals surface area contributed by atoms with Crippen LogP contribution in [0.15, 0.2) is 29.2 Å². The number of sulfonamides is 1. The van der Waals surface area contributed by atoms with Crippen molar-refractivity contribution >= 4 is 43.9 Å². The largest absolute Gasteiger partial charge is 0.315 e. The molecule has 2 heterocycles. The van der Waals surface area contributed by atoms with E-state index in [4.69, 9.17) is 11.6 Å². The monoisotopic (exact) mass is 506 g/mol. The SMILES string of the molecule is N#Cc1c(NC(=O)CN2CCN(S(=O)(=O)c3ccc(Cl)cc3)CC2)sc2c1CCCCCC2. The minimum absolute atomic E-state index is 0.169. The fourth-order valence-corrected chi connectivity index (χ4v) is 7.18. The van der Waals surface area contributed by atoms with Crippen molar-refractivity contribution in [2.45, 2.75) is 43.4 Å². The van der Waals surface area contributed by atoms with Crippen LogP contribution >= 0.6 is 22.9 Å². The van der Waals surface area contributed by atoms with Crippen molar-refractivity contribution in [3.63, 3.8) is 0 Å². The lowest BCUT2D eigenvalue weighted by Crippen LogP contribution is -2.50. The van der Waals surface area contributed by atoms with Gasteiger partial charge in [0.25, 0.3) is 0 Å². The van der Waals surface area contributed by atoms with Crippen LogP contribution in [0.2, 0.25) is 5.02 Å². The van der Waals surface area contributed by atoms with Gasteiger partial charge in [-0.2, -0.15) is 9.57 Å². The Labute approximate surface area is 204 Å². The van der Waals surface area contributed by atoms with Crippen molar-refractivity contribution in [1.82, 2.24) is 9.21 Å². The summed E-state index contributed by atoms with van der Waals surface area (Å²) < 4.78 is 27.1. The second kappa shape index (κ2) is 10.5. The molecule has 0 radical (unpaired) electrons. The standard InChI is InChI=1S/C23H27ClN4O3S2/c24-17-7-9-18(10-8-17)33(30,31)28-13-11-27(12-14-28)16-22(29)26-23-20(15-25)19-5-3-1-2-4-6-21(19)32-23/h7-10H,1-6,11-14,16H2,(H,26,29). The number of hydrogen-bond donors (Lipinski definition) is 1. The first-order valence-electron chi connectivity index (χ1n) is 11.2. The number of nitriles is 1. The smallest absolute Gasteiger partial charge is 0.243 e. The summed E-state index contributed by atoms with van der Waals surface area (Å²) in [7, 11) is -3.58. The number of nitrogens with one attached hydrogen (secondary N) is 1. The number of halogens is 1. The van der Waals surface area contributed by atoms with E-state index in [-0.39, 0.29) is 17.3 Å². The number of benzene rings is 1. The summed E-state index contributed by atoms with van der Waals surface area (Å²) >= 11 is 7.40. The first kappa shape index (κ1) is 24.2. The van der Waals surface area contributed by atoms with Crippen LogP contribution in [0.4, 0.5) is 5.00 Å². The molecule has 176 valence electrons. The van der Waals surface area contributed by atoms with Gasteiger partial charge in [-0.1, -0.05) is 24.4 Å². The Hall–Kier alpha value is -1.96. The van der Waals surface area contributed by atoms with Crippen molar-refractivity contribution < 1.29 is 13.2 Å². The van der Waals surface area contributed by atoms with E-state index in [0.717, 1.165) is 31.2 Å². The summed E-state index contributed by atoms with van der Waals surface area (Å²) in [6.45, 7) is 1.73. The number of thiophene rings is 1. The van der Waals surface area contributed by atoms with E-state index in [1.165, 1.54) is 45.5 Å². The zero-order valence-electron chi connectivity index (χ0n) is 18.3. The maximum Gasteiger partial charge on any atom is 0.243 e. The number of carbonyl (C=O) groups is 1. The fraction of sp³-hybridized carbons (Fsp3) is 0.478. The lowest BCUT2D eigenvalue weighted by atomic mass is 9.97. The molecule has 33 heavy (non-hydrogen) atoms. The zero-order chi connectivity index (χ0) is 23.4. The van der Waals surface area contributed by atoms with E-state index in [9.17, 15) is 18.5 Å². The van der Waals surface area contributed by atoms with E-state index in [1.54, 1.807) is 12.1 Å². The molecule has 0 atom stereocenters. The first-order valence-corrected chi connectivity index (χ1v) is 13.8. The molecule has 0 bridgehead atoms. The number of nitrogens with zero attached hydrogens (tertiary/aromatic N) is 3. The molecule has 0 unspecified atom stereocenters. The Morgan fingerprint density at radius 1 is 1.06 bits per heavy atom. The minimum atomic E-state index is -3.58. The van der Waals surface area contributed by atoms with Crippen LogP contribution in [-0.4, -0.2) is 56.3 Å². The van der Waals surface area contributed by atoms with Crippen molar-refractivity contribution in [3.8, 4) is 6.07 Å². The quantitative estimate of drug-likeness (QED) is 0.664. The van der Waals surface area contributed by atoms with Gasteiger partial charge in [0.05, 0.1) is 17.0 Å². The second-order valence-electron chi connectivity index (χ2n) is 8.42. The molecular weight excluding hydrogens is 480 g/mol. The fourth-order valence-electron chi connectivity index (χ4n) is 4.38. The van der Waals surface area contributed by atoms with E-state index in [2.05, 4.69) is 11.4 Å². The van der Waals surface area contributed by atoms with Gasteiger partial charge in [-0.3, -0.25) is 9.69 Å². The maximum absolute atomic E-state index is 12.8. The molecular formula is C23H27ClN4O3S2. The highest BCUT2D eigenvalue weighted by molar-refractivity contribution is 7.89. The first-order chi connectivity index (χ1) is 15.9. The third-order valence-corrected chi connectivity index (χ3v) is 9.56. The minimum Gasteiger partial charge on any atom is -0.315 e. The molecule has 1 N–H and O–H groups in total. The average Bonchev–Trinajstić information content (AvgIpc) is 3.09.